The van der Waals surface area contributed by atoms with Gasteiger partial charge < -0.3 is 15.4 Å². The summed E-state index contributed by atoms with van der Waals surface area (Å²) in [6, 6.07) is 17.1. The number of hydrogen-bond acceptors (Lipinski definition) is 4. The second kappa shape index (κ2) is 10.9. The number of aryl methyl sites for hydroxylation is 2. The fraction of sp³-hybridized carbons (Fsp3) is 0.240. The Hall–Kier alpha value is -3.67. The average Bonchev–Trinajstić information content (AvgIpc) is 2.78. The molecule has 3 rings (SSSR count). The molecule has 0 bridgehead atoms. The number of carbonyl (C=O) groups excluding carboxylic acids is 2. The third-order valence-corrected chi connectivity index (χ3v) is 4.80. The van der Waals surface area contributed by atoms with E-state index in [2.05, 4.69) is 15.6 Å². The molecule has 1 heterocycles. The minimum atomic E-state index is -0.208. The van der Waals surface area contributed by atoms with Gasteiger partial charge in [0.1, 0.15) is 12.4 Å². The van der Waals surface area contributed by atoms with Gasteiger partial charge >= 0.3 is 0 Å². The van der Waals surface area contributed by atoms with Crippen LogP contribution < -0.4 is 15.4 Å². The molecule has 0 aliphatic heterocycles. The zero-order chi connectivity index (χ0) is 22.1. The molecule has 0 radical (unpaired) electrons. The highest BCUT2D eigenvalue weighted by Gasteiger charge is 2.12. The Morgan fingerprint density at radius 1 is 0.935 bits per heavy atom. The lowest BCUT2D eigenvalue weighted by molar-refractivity contribution is -0.121. The van der Waals surface area contributed by atoms with E-state index in [0.29, 0.717) is 18.7 Å². The summed E-state index contributed by atoms with van der Waals surface area (Å²) in [4.78, 5) is 28.6. The Kier molecular flexibility index (Phi) is 7.76. The highest BCUT2D eigenvalue weighted by atomic mass is 16.5. The van der Waals surface area contributed by atoms with Gasteiger partial charge in [-0.2, -0.15) is 0 Å². The van der Waals surface area contributed by atoms with Crippen LogP contribution in [0.1, 0.15) is 39.0 Å². The molecule has 2 N–H and O–H groups in total. The van der Waals surface area contributed by atoms with Crippen LogP contribution in [0.2, 0.25) is 0 Å². The molecule has 0 spiro atoms. The van der Waals surface area contributed by atoms with Crippen molar-refractivity contribution in [3.8, 4) is 5.75 Å². The number of pyridine rings is 1. The lowest BCUT2D eigenvalue weighted by Gasteiger charge is -2.14. The van der Waals surface area contributed by atoms with E-state index in [1.165, 1.54) is 0 Å². The van der Waals surface area contributed by atoms with Crippen LogP contribution in [-0.4, -0.2) is 23.3 Å². The smallest absolute Gasteiger partial charge is 0.251 e. The molecule has 6 nitrogen and oxygen atoms in total. The van der Waals surface area contributed by atoms with Crippen molar-refractivity contribution in [1.29, 1.82) is 0 Å². The first-order valence-electron chi connectivity index (χ1n) is 10.2. The molecule has 0 aliphatic carbocycles. The van der Waals surface area contributed by atoms with Crippen molar-refractivity contribution in [3.63, 3.8) is 0 Å². The van der Waals surface area contributed by atoms with Crippen LogP contribution in [-0.2, 0) is 17.9 Å². The van der Waals surface area contributed by atoms with Crippen LogP contribution in [0.5, 0.6) is 5.75 Å². The first kappa shape index (κ1) is 22.0. The van der Waals surface area contributed by atoms with E-state index < -0.39 is 0 Å². The summed E-state index contributed by atoms with van der Waals surface area (Å²) in [7, 11) is 0. The Bertz CT molecular complexity index is 998. The lowest BCUT2D eigenvalue weighted by atomic mass is 10.0. The van der Waals surface area contributed by atoms with Crippen LogP contribution in [0.25, 0.3) is 0 Å². The zero-order valence-corrected chi connectivity index (χ0v) is 17.9. The first-order valence-corrected chi connectivity index (χ1v) is 10.2. The number of aromatic nitrogens is 1. The maximum Gasteiger partial charge on any atom is 0.251 e. The topological polar surface area (TPSA) is 80.3 Å². The summed E-state index contributed by atoms with van der Waals surface area (Å²) >= 11 is 0. The molecule has 0 atom stereocenters. The first-order chi connectivity index (χ1) is 15.0. The van der Waals surface area contributed by atoms with Crippen molar-refractivity contribution in [2.24, 2.45) is 0 Å². The Labute approximate surface area is 182 Å². The van der Waals surface area contributed by atoms with Crippen molar-refractivity contribution in [2.45, 2.75) is 33.4 Å². The largest absolute Gasteiger partial charge is 0.488 e. The van der Waals surface area contributed by atoms with Crippen molar-refractivity contribution in [3.05, 3.63) is 94.8 Å². The molecular formula is C25H27N3O3. The zero-order valence-electron chi connectivity index (χ0n) is 17.9. The number of ether oxygens (including phenoxy) is 1. The number of nitrogens with zero attached hydrogens (tertiary/aromatic N) is 1. The maximum atomic E-state index is 12.5. The fourth-order valence-electron chi connectivity index (χ4n) is 3.22. The molecule has 6 heteroatoms. The monoisotopic (exact) mass is 417 g/mol. The predicted octanol–water partition coefficient (Wildman–Crippen LogP) is 3.71. The van der Waals surface area contributed by atoms with Crippen LogP contribution >= 0.6 is 0 Å². The third kappa shape index (κ3) is 6.67. The Morgan fingerprint density at radius 2 is 1.65 bits per heavy atom. The second-order valence-corrected chi connectivity index (χ2v) is 7.36. The number of benzene rings is 2. The van der Waals surface area contributed by atoms with Gasteiger partial charge in [0.05, 0.1) is 0 Å². The van der Waals surface area contributed by atoms with Gasteiger partial charge in [0, 0.05) is 43.0 Å². The summed E-state index contributed by atoms with van der Waals surface area (Å²) in [5, 5.41) is 5.67. The fourth-order valence-corrected chi connectivity index (χ4v) is 3.22. The Morgan fingerprint density at radius 3 is 2.32 bits per heavy atom. The summed E-state index contributed by atoms with van der Waals surface area (Å²) in [5.41, 5.74) is 4.34. The normalized spacial score (nSPS) is 10.4. The molecule has 1 aromatic heterocycles. The molecule has 31 heavy (non-hydrogen) atoms. The van der Waals surface area contributed by atoms with Crippen LogP contribution in [0.3, 0.4) is 0 Å². The van der Waals surface area contributed by atoms with Gasteiger partial charge in [-0.25, -0.2) is 0 Å². The quantitative estimate of drug-likeness (QED) is 0.556. The van der Waals surface area contributed by atoms with E-state index in [-0.39, 0.29) is 24.8 Å². The van der Waals surface area contributed by atoms with E-state index in [1.807, 2.05) is 56.3 Å². The molecule has 3 aromatic rings. The van der Waals surface area contributed by atoms with Crippen LogP contribution in [0, 0.1) is 13.8 Å². The van der Waals surface area contributed by atoms with Crippen molar-refractivity contribution < 1.29 is 14.3 Å². The van der Waals surface area contributed by atoms with E-state index in [9.17, 15) is 9.59 Å². The number of carbonyl (C=O) groups is 2. The number of amides is 2. The molecule has 0 unspecified atom stereocenters. The molecule has 0 saturated heterocycles. The summed E-state index contributed by atoms with van der Waals surface area (Å²) in [6.07, 6.45) is 3.71. The van der Waals surface area contributed by atoms with Gasteiger partial charge in [-0.3, -0.25) is 14.6 Å². The molecule has 2 aromatic carbocycles. The highest BCUT2D eigenvalue weighted by Crippen LogP contribution is 2.25. The van der Waals surface area contributed by atoms with Gasteiger partial charge in [-0.05, 0) is 48.7 Å². The number of rotatable bonds is 9. The summed E-state index contributed by atoms with van der Waals surface area (Å²) in [6.45, 7) is 5.00. The summed E-state index contributed by atoms with van der Waals surface area (Å²) in [5.74, 6) is 0.456. The van der Waals surface area contributed by atoms with Gasteiger partial charge in [0.25, 0.3) is 5.91 Å². The van der Waals surface area contributed by atoms with E-state index in [4.69, 9.17) is 4.74 Å². The average molecular weight is 418 g/mol. The minimum Gasteiger partial charge on any atom is -0.488 e. The molecular weight excluding hydrogens is 390 g/mol. The van der Waals surface area contributed by atoms with Crippen molar-refractivity contribution >= 4 is 11.8 Å². The highest BCUT2D eigenvalue weighted by molar-refractivity contribution is 5.95. The molecule has 0 saturated carbocycles. The molecule has 160 valence electrons. The van der Waals surface area contributed by atoms with Crippen LogP contribution in [0.4, 0.5) is 0 Å². The van der Waals surface area contributed by atoms with Gasteiger partial charge in [0.15, 0.2) is 0 Å². The van der Waals surface area contributed by atoms with Gasteiger partial charge in [-0.15, -0.1) is 0 Å². The molecule has 2 amide bonds. The molecule has 0 aliphatic rings. The van der Waals surface area contributed by atoms with Crippen molar-refractivity contribution in [1.82, 2.24) is 15.6 Å². The standard InChI is InChI=1S/C25H27N3O3/c1-18-13-22(14-19(2)24(18)31-17-21-9-6-11-26-15-21)25(30)27-12-10-23(29)28-16-20-7-4-3-5-8-20/h3-9,11,13-15H,10,12,16-17H2,1-2H3,(H,27,30)(H,28,29). The van der Waals surface area contributed by atoms with Gasteiger partial charge in [0.2, 0.25) is 5.91 Å². The van der Waals surface area contributed by atoms with E-state index >= 15 is 0 Å². The third-order valence-electron chi connectivity index (χ3n) is 4.80. The van der Waals surface area contributed by atoms with E-state index in [1.54, 1.807) is 24.5 Å². The summed E-state index contributed by atoms with van der Waals surface area (Å²) < 4.78 is 5.94. The van der Waals surface area contributed by atoms with E-state index in [0.717, 1.165) is 28.0 Å². The minimum absolute atomic E-state index is 0.101. The number of nitrogens with one attached hydrogen (secondary N) is 2. The lowest BCUT2D eigenvalue weighted by Crippen LogP contribution is -2.30. The molecule has 0 fully saturated rings. The Balaban J connectivity index is 1.48. The van der Waals surface area contributed by atoms with Crippen molar-refractivity contribution in [2.75, 3.05) is 6.54 Å². The predicted molar refractivity (Wildman–Crippen MR) is 120 cm³/mol. The van der Waals surface area contributed by atoms with Gasteiger partial charge in [-0.1, -0.05) is 36.4 Å². The second-order valence-electron chi connectivity index (χ2n) is 7.36. The SMILES string of the molecule is Cc1cc(C(=O)NCCC(=O)NCc2ccccc2)cc(C)c1OCc1cccnc1. The maximum absolute atomic E-state index is 12.5. The number of hydrogen-bond donors (Lipinski definition) is 2. The van der Waals surface area contributed by atoms with Crippen LogP contribution in [0.15, 0.2) is 67.0 Å².